The molecule has 4 aromatic rings. The number of benzene rings is 3. The number of thiophene rings is 1. The summed E-state index contributed by atoms with van der Waals surface area (Å²) in [5.41, 5.74) is 1.61. The van der Waals surface area contributed by atoms with Crippen LogP contribution in [0.4, 0.5) is 0 Å². The third kappa shape index (κ3) is 8.24. The number of β-lactam (4-membered cyclic amide) rings is 1. The van der Waals surface area contributed by atoms with Gasteiger partial charge in [-0.3, -0.25) is 24.1 Å². The van der Waals surface area contributed by atoms with Crippen molar-refractivity contribution in [3.8, 4) is 11.5 Å². The van der Waals surface area contributed by atoms with Crippen LogP contribution in [0.15, 0.2) is 108 Å². The zero-order valence-corrected chi connectivity index (χ0v) is 29.6. The Labute approximate surface area is 306 Å². The Kier molecular flexibility index (Phi) is 11.2. The minimum atomic E-state index is -0.876. The SMILES string of the molecule is CC(=O)Oc1ccc(C(=O)OCC2=C(C(=O)OC(c3ccccc3)c3ccccc3)N3C(=O)C(NC(=O)Cc4cccs4)[C@@H]3SC2)cc1OC(C)=O. The lowest BCUT2D eigenvalue weighted by atomic mass is 10.0. The number of amides is 2. The van der Waals surface area contributed by atoms with Gasteiger partial charge < -0.3 is 24.3 Å². The lowest BCUT2D eigenvalue weighted by molar-refractivity contribution is -0.154. The summed E-state index contributed by atoms with van der Waals surface area (Å²) in [5, 5.41) is 4.07. The number of ether oxygens (including phenoxy) is 4. The number of fused-ring (bicyclic) bond motifs is 1. The monoisotopic (exact) mass is 740 g/mol. The van der Waals surface area contributed by atoms with Crippen LogP contribution < -0.4 is 14.8 Å². The zero-order valence-electron chi connectivity index (χ0n) is 27.9. The predicted molar refractivity (Wildman–Crippen MR) is 190 cm³/mol. The number of rotatable bonds is 12. The van der Waals surface area contributed by atoms with Crippen LogP contribution in [0.1, 0.15) is 46.3 Å². The summed E-state index contributed by atoms with van der Waals surface area (Å²) in [6.45, 7) is 1.94. The molecule has 0 spiro atoms. The highest BCUT2D eigenvalue weighted by Gasteiger charge is 2.54. The summed E-state index contributed by atoms with van der Waals surface area (Å²) < 4.78 is 22.0. The van der Waals surface area contributed by atoms with E-state index in [0.29, 0.717) is 16.7 Å². The molecule has 0 radical (unpaired) electrons. The van der Waals surface area contributed by atoms with Crippen molar-refractivity contribution >= 4 is 58.8 Å². The van der Waals surface area contributed by atoms with Crippen LogP contribution in [0.25, 0.3) is 0 Å². The van der Waals surface area contributed by atoms with Crippen molar-refractivity contribution < 1.29 is 47.7 Å². The van der Waals surface area contributed by atoms with Gasteiger partial charge in [-0.1, -0.05) is 66.7 Å². The molecule has 1 unspecified atom stereocenters. The van der Waals surface area contributed by atoms with E-state index in [1.54, 1.807) is 0 Å². The molecule has 1 saturated heterocycles. The molecule has 1 N–H and O–H groups in total. The van der Waals surface area contributed by atoms with Crippen molar-refractivity contribution in [2.24, 2.45) is 0 Å². The Balaban J connectivity index is 1.27. The highest BCUT2D eigenvalue weighted by molar-refractivity contribution is 8.00. The Bertz CT molecular complexity index is 1990. The van der Waals surface area contributed by atoms with E-state index in [1.807, 2.05) is 78.2 Å². The van der Waals surface area contributed by atoms with Crippen molar-refractivity contribution in [3.05, 3.63) is 129 Å². The van der Waals surface area contributed by atoms with Gasteiger partial charge in [0.2, 0.25) is 5.91 Å². The Morgan fingerprint density at radius 2 is 1.48 bits per heavy atom. The molecule has 2 aliphatic heterocycles. The van der Waals surface area contributed by atoms with Crippen molar-refractivity contribution in [2.45, 2.75) is 37.8 Å². The van der Waals surface area contributed by atoms with Gasteiger partial charge in [0.25, 0.3) is 5.91 Å². The van der Waals surface area contributed by atoms with Gasteiger partial charge in [-0.25, -0.2) is 9.59 Å². The highest BCUT2D eigenvalue weighted by Crippen LogP contribution is 2.42. The molecule has 2 aliphatic rings. The summed E-state index contributed by atoms with van der Waals surface area (Å²) in [4.78, 5) is 79.4. The van der Waals surface area contributed by atoms with E-state index in [2.05, 4.69) is 5.32 Å². The maximum atomic E-state index is 14.2. The predicted octanol–water partition coefficient (Wildman–Crippen LogP) is 4.99. The molecule has 14 heteroatoms. The maximum absolute atomic E-state index is 14.2. The summed E-state index contributed by atoms with van der Waals surface area (Å²) >= 11 is 2.74. The standard InChI is InChI=1S/C38H32N2O10S2/c1-22(41)48-29-16-15-26(18-30(29)49-23(2)42)37(45)47-20-27-21-52-36-32(39-31(43)19-28-14-9-17-51-28)35(44)40(36)33(27)38(46)50-34(24-10-5-3-6-11-24)25-12-7-4-8-13-25/h3-18,32,34,36H,19-21H2,1-2H3,(H,39,43)/t32?,36-/m0/s1. The third-order valence-corrected chi connectivity index (χ3v) is 10.2. The van der Waals surface area contributed by atoms with Crippen LogP contribution in [-0.2, 0) is 39.9 Å². The van der Waals surface area contributed by atoms with Crippen LogP contribution in [0.3, 0.4) is 0 Å². The van der Waals surface area contributed by atoms with Crippen molar-refractivity contribution in [3.63, 3.8) is 0 Å². The van der Waals surface area contributed by atoms with Gasteiger partial charge in [-0.2, -0.15) is 0 Å². The molecule has 52 heavy (non-hydrogen) atoms. The molecule has 12 nitrogen and oxygen atoms in total. The fraction of sp³-hybridized carbons (Fsp3) is 0.211. The molecular formula is C38H32N2O10S2. The van der Waals surface area contributed by atoms with Crippen LogP contribution >= 0.6 is 23.1 Å². The van der Waals surface area contributed by atoms with Crippen LogP contribution in [0.2, 0.25) is 0 Å². The van der Waals surface area contributed by atoms with Crippen molar-refractivity contribution in [1.29, 1.82) is 0 Å². The molecule has 2 atom stereocenters. The molecular weight excluding hydrogens is 709 g/mol. The molecule has 6 rings (SSSR count). The lowest BCUT2D eigenvalue weighted by Crippen LogP contribution is -2.70. The number of carbonyl (C=O) groups is 6. The summed E-state index contributed by atoms with van der Waals surface area (Å²) in [6, 6.07) is 24.9. The summed E-state index contributed by atoms with van der Waals surface area (Å²) in [7, 11) is 0. The van der Waals surface area contributed by atoms with Gasteiger partial charge in [0.05, 0.1) is 12.0 Å². The van der Waals surface area contributed by atoms with Gasteiger partial charge in [0.15, 0.2) is 17.6 Å². The summed E-state index contributed by atoms with van der Waals surface area (Å²) in [6.07, 6.45) is -0.714. The molecule has 1 fully saturated rings. The Hall–Kier alpha value is -5.73. The topological polar surface area (TPSA) is 155 Å². The Morgan fingerprint density at radius 1 is 0.827 bits per heavy atom. The quantitative estimate of drug-likeness (QED) is 0.119. The molecule has 3 aromatic carbocycles. The molecule has 0 aliphatic carbocycles. The lowest BCUT2D eigenvalue weighted by Gasteiger charge is -2.49. The molecule has 2 amide bonds. The number of nitrogens with one attached hydrogen (secondary N) is 1. The van der Waals surface area contributed by atoms with Gasteiger partial charge >= 0.3 is 23.9 Å². The number of carbonyl (C=O) groups excluding carboxylic acids is 6. The number of nitrogens with zero attached hydrogens (tertiary/aromatic N) is 1. The summed E-state index contributed by atoms with van der Waals surface area (Å²) in [5.74, 6) is -3.89. The largest absolute Gasteiger partial charge is 0.457 e. The second-order valence-electron chi connectivity index (χ2n) is 11.7. The molecule has 3 heterocycles. The molecule has 0 bridgehead atoms. The van der Waals surface area contributed by atoms with E-state index in [1.165, 1.54) is 53.1 Å². The van der Waals surface area contributed by atoms with Crippen LogP contribution in [0.5, 0.6) is 11.5 Å². The van der Waals surface area contributed by atoms with Crippen molar-refractivity contribution in [1.82, 2.24) is 10.2 Å². The first-order valence-corrected chi connectivity index (χ1v) is 18.0. The van der Waals surface area contributed by atoms with Gasteiger partial charge in [0.1, 0.15) is 23.7 Å². The third-order valence-electron chi connectivity index (χ3n) is 7.97. The smallest absolute Gasteiger partial charge is 0.356 e. The highest BCUT2D eigenvalue weighted by atomic mass is 32.2. The molecule has 0 saturated carbocycles. The van der Waals surface area contributed by atoms with Gasteiger partial charge in [-0.05, 0) is 40.8 Å². The minimum absolute atomic E-state index is 0.0278. The first-order valence-electron chi connectivity index (χ1n) is 16.1. The van der Waals surface area contributed by atoms with E-state index in [-0.39, 0.29) is 40.8 Å². The number of esters is 4. The average Bonchev–Trinajstić information content (AvgIpc) is 3.65. The fourth-order valence-corrected chi connectivity index (χ4v) is 7.70. The maximum Gasteiger partial charge on any atom is 0.356 e. The first-order chi connectivity index (χ1) is 25.1. The minimum Gasteiger partial charge on any atom is -0.457 e. The van der Waals surface area contributed by atoms with Gasteiger partial charge in [-0.15, -0.1) is 23.1 Å². The molecule has 1 aromatic heterocycles. The van der Waals surface area contributed by atoms with Gasteiger partial charge in [0, 0.05) is 30.1 Å². The van der Waals surface area contributed by atoms with E-state index in [9.17, 15) is 28.8 Å². The van der Waals surface area contributed by atoms with Crippen LogP contribution in [-0.4, -0.2) is 64.4 Å². The van der Waals surface area contributed by atoms with E-state index >= 15 is 0 Å². The van der Waals surface area contributed by atoms with Crippen LogP contribution in [0, 0.1) is 0 Å². The Morgan fingerprint density at radius 3 is 2.10 bits per heavy atom. The first kappa shape index (κ1) is 36.1. The number of thioether (sulfide) groups is 1. The number of hydrogen-bond donors (Lipinski definition) is 1. The van der Waals surface area contributed by atoms with E-state index in [0.717, 1.165) is 11.8 Å². The zero-order chi connectivity index (χ0) is 36.8. The van der Waals surface area contributed by atoms with E-state index < -0.39 is 53.9 Å². The van der Waals surface area contributed by atoms with Crippen molar-refractivity contribution in [2.75, 3.05) is 12.4 Å². The second kappa shape index (κ2) is 16.1. The normalized spacial score (nSPS) is 16.4. The fourth-order valence-electron chi connectivity index (χ4n) is 5.67. The van der Waals surface area contributed by atoms with E-state index in [4.69, 9.17) is 18.9 Å². The number of hydrogen-bond acceptors (Lipinski definition) is 12. The second-order valence-corrected chi connectivity index (χ2v) is 13.8. The average molecular weight is 741 g/mol. The molecule has 266 valence electrons.